The van der Waals surface area contributed by atoms with Gasteiger partial charge in [0.25, 0.3) is 0 Å². The van der Waals surface area contributed by atoms with Crippen LogP contribution in [0.15, 0.2) is 35.3 Å². The van der Waals surface area contributed by atoms with Crippen molar-refractivity contribution in [2.24, 2.45) is 4.99 Å². The zero-order valence-corrected chi connectivity index (χ0v) is 13.5. The van der Waals surface area contributed by atoms with Crippen molar-refractivity contribution < 1.29 is 14.6 Å². The molecule has 0 aromatic heterocycles. The Balaban J connectivity index is 2.34. The number of nitrogens with zero attached hydrogens (tertiary/aromatic N) is 1. The van der Waals surface area contributed by atoms with Gasteiger partial charge in [-0.25, -0.2) is 0 Å². The van der Waals surface area contributed by atoms with Gasteiger partial charge in [-0.15, -0.1) is 0 Å². The van der Waals surface area contributed by atoms with E-state index in [2.05, 4.69) is 4.99 Å². The summed E-state index contributed by atoms with van der Waals surface area (Å²) >= 11 is 6.20. The van der Waals surface area contributed by atoms with E-state index in [1.54, 1.807) is 37.6 Å². The Morgan fingerprint density at radius 3 is 2.68 bits per heavy atom. The fourth-order valence-corrected chi connectivity index (χ4v) is 2.35. The van der Waals surface area contributed by atoms with E-state index < -0.39 is 0 Å². The van der Waals surface area contributed by atoms with Gasteiger partial charge in [0.15, 0.2) is 11.5 Å². The normalized spacial score (nSPS) is 10.9. The summed E-state index contributed by atoms with van der Waals surface area (Å²) in [6.07, 6.45) is 1.70. The molecular formula is C17H18ClNO3. The zero-order valence-electron chi connectivity index (χ0n) is 12.8. The summed E-state index contributed by atoms with van der Waals surface area (Å²) in [5, 5.41) is 9.88. The quantitative estimate of drug-likeness (QED) is 0.825. The summed E-state index contributed by atoms with van der Waals surface area (Å²) in [4.78, 5) is 4.42. The van der Waals surface area contributed by atoms with Gasteiger partial charge in [0.1, 0.15) is 5.75 Å². The largest absolute Gasteiger partial charge is 0.508 e. The lowest BCUT2D eigenvalue weighted by Crippen LogP contribution is -1.97. The van der Waals surface area contributed by atoms with Gasteiger partial charge in [0.05, 0.1) is 24.4 Å². The third kappa shape index (κ3) is 3.71. The second-order valence-electron chi connectivity index (χ2n) is 4.70. The van der Waals surface area contributed by atoms with E-state index in [-0.39, 0.29) is 5.75 Å². The summed E-state index contributed by atoms with van der Waals surface area (Å²) < 4.78 is 10.8. The third-order valence-corrected chi connectivity index (χ3v) is 3.35. The molecule has 0 spiro atoms. The van der Waals surface area contributed by atoms with Crippen LogP contribution in [0.5, 0.6) is 17.2 Å². The third-order valence-electron chi connectivity index (χ3n) is 3.07. The Morgan fingerprint density at radius 1 is 1.27 bits per heavy atom. The molecule has 22 heavy (non-hydrogen) atoms. The van der Waals surface area contributed by atoms with Gasteiger partial charge in [-0.1, -0.05) is 11.6 Å². The molecule has 0 atom stereocenters. The van der Waals surface area contributed by atoms with E-state index >= 15 is 0 Å². The van der Waals surface area contributed by atoms with Crippen LogP contribution in [0.3, 0.4) is 0 Å². The number of ether oxygens (including phenoxy) is 2. The summed E-state index contributed by atoms with van der Waals surface area (Å²) in [5.41, 5.74) is 2.48. The highest BCUT2D eigenvalue weighted by atomic mass is 35.5. The average Bonchev–Trinajstić information content (AvgIpc) is 2.46. The van der Waals surface area contributed by atoms with Crippen LogP contribution < -0.4 is 9.47 Å². The van der Waals surface area contributed by atoms with E-state index in [1.807, 2.05) is 19.9 Å². The minimum Gasteiger partial charge on any atom is -0.508 e. The molecule has 4 nitrogen and oxygen atoms in total. The van der Waals surface area contributed by atoms with Gasteiger partial charge >= 0.3 is 0 Å². The maximum Gasteiger partial charge on any atom is 0.179 e. The number of benzene rings is 2. The molecule has 0 aliphatic carbocycles. The summed E-state index contributed by atoms with van der Waals surface area (Å²) in [7, 11) is 1.55. The Kier molecular flexibility index (Phi) is 5.28. The molecule has 0 aliphatic rings. The van der Waals surface area contributed by atoms with Crippen molar-refractivity contribution in [1.29, 1.82) is 0 Å². The summed E-state index contributed by atoms with van der Waals surface area (Å²) in [5.74, 6) is 1.32. The van der Waals surface area contributed by atoms with Crippen LogP contribution in [0.25, 0.3) is 0 Å². The lowest BCUT2D eigenvalue weighted by Gasteiger charge is -2.11. The Labute approximate surface area is 135 Å². The van der Waals surface area contributed by atoms with Crippen molar-refractivity contribution in [1.82, 2.24) is 0 Å². The molecule has 0 bridgehead atoms. The van der Waals surface area contributed by atoms with Gasteiger partial charge in [-0.2, -0.15) is 0 Å². The van der Waals surface area contributed by atoms with Gasteiger partial charge < -0.3 is 14.6 Å². The molecule has 1 N–H and O–H groups in total. The highest BCUT2D eigenvalue weighted by molar-refractivity contribution is 6.32. The number of phenolic OH excluding ortho intramolecular Hbond substituents is 1. The number of aliphatic imine (C=N–C) groups is 1. The second-order valence-corrected chi connectivity index (χ2v) is 5.10. The standard InChI is InChI=1S/C17H18ClNO3/c1-4-22-16-9-12(8-14(18)17(16)21-3)10-19-15-6-5-13(20)7-11(15)2/h5-10,20H,4H2,1-3H3. The molecule has 0 saturated carbocycles. The lowest BCUT2D eigenvalue weighted by atomic mass is 10.2. The number of aryl methyl sites for hydroxylation is 1. The highest BCUT2D eigenvalue weighted by Gasteiger charge is 2.10. The first-order valence-electron chi connectivity index (χ1n) is 6.89. The molecule has 0 fully saturated rings. The number of aromatic hydroxyl groups is 1. The first-order valence-corrected chi connectivity index (χ1v) is 7.27. The van der Waals surface area contributed by atoms with Crippen molar-refractivity contribution in [3.05, 3.63) is 46.5 Å². The SMILES string of the molecule is CCOc1cc(C=Nc2ccc(O)cc2C)cc(Cl)c1OC. The van der Waals surface area contributed by atoms with Crippen molar-refractivity contribution in [2.75, 3.05) is 13.7 Å². The number of halogens is 1. The molecule has 2 aromatic carbocycles. The second kappa shape index (κ2) is 7.18. The Hall–Kier alpha value is -2.20. The van der Waals surface area contributed by atoms with Crippen LogP contribution >= 0.6 is 11.6 Å². The molecule has 0 saturated heterocycles. The zero-order chi connectivity index (χ0) is 16.1. The fourth-order valence-electron chi connectivity index (χ4n) is 2.05. The summed E-state index contributed by atoms with van der Waals surface area (Å²) in [6, 6.07) is 8.62. The van der Waals surface area contributed by atoms with Gasteiger partial charge in [0.2, 0.25) is 0 Å². The van der Waals surface area contributed by atoms with Gasteiger partial charge in [-0.05, 0) is 55.3 Å². The van der Waals surface area contributed by atoms with Crippen molar-refractivity contribution in [3.8, 4) is 17.2 Å². The van der Waals surface area contributed by atoms with E-state index in [0.29, 0.717) is 23.1 Å². The maximum absolute atomic E-state index is 9.41. The van der Waals surface area contributed by atoms with Crippen LogP contribution in [-0.2, 0) is 0 Å². The smallest absolute Gasteiger partial charge is 0.179 e. The van der Waals surface area contributed by atoms with Gasteiger partial charge in [-0.3, -0.25) is 4.99 Å². The molecule has 2 rings (SSSR count). The molecule has 0 radical (unpaired) electrons. The number of methoxy groups -OCH3 is 1. The number of hydrogen-bond donors (Lipinski definition) is 1. The lowest BCUT2D eigenvalue weighted by molar-refractivity contribution is 0.311. The van der Waals surface area contributed by atoms with Crippen LogP contribution in [0.4, 0.5) is 5.69 Å². The van der Waals surface area contributed by atoms with Crippen LogP contribution in [0.1, 0.15) is 18.1 Å². The van der Waals surface area contributed by atoms with E-state index in [4.69, 9.17) is 21.1 Å². The van der Waals surface area contributed by atoms with Crippen molar-refractivity contribution in [3.63, 3.8) is 0 Å². The Bertz CT molecular complexity index is 699. The van der Waals surface area contributed by atoms with Crippen LogP contribution in [0, 0.1) is 6.92 Å². The molecule has 2 aromatic rings. The minimum atomic E-state index is 0.225. The fraction of sp³-hybridized carbons (Fsp3) is 0.235. The number of hydrogen-bond acceptors (Lipinski definition) is 4. The van der Waals surface area contributed by atoms with Crippen LogP contribution in [-0.4, -0.2) is 25.0 Å². The molecular weight excluding hydrogens is 302 g/mol. The maximum atomic E-state index is 9.41. The first kappa shape index (κ1) is 16.2. The summed E-state index contributed by atoms with van der Waals surface area (Å²) in [6.45, 7) is 4.30. The highest BCUT2D eigenvalue weighted by Crippen LogP contribution is 2.36. The number of phenols is 1. The van der Waals surface area contributed by atoms with E-state index in [9.17, 15) is 5.11 Å². The van der Waals surface area contributed by atoms with Gasteiger partial charge in [0, 0.05) is 6.21 Å². The van der Waals surface area contributed by atoms with Crippen LogP contribution in [0.2, 0.25) is 5.02 Å². The number of rotatable bonds is 5. The first-order chi connectivity index (χ1) is 10.5. The molecule has 0 heterocycles. The molecule has 0 unspecified atom stereocenters. The van der Waals surface area contributed by atoms with Crippen molar-refractivity contribution >= 4 is 23.5 Å². The molecule has 0 amide bonds. The van der Waals surface area contributed by atoms with E-state index in [0.717, 1.165) is 16.8 Å². The monoisotopic (exact) mass is 319 g/mol. The molecule has 116 valence electrons. The molecule has 5 heteroatoms. The predicted molar refractivity (Wildman–Crippen MR) is 89.3 cm³/mol. The molecule has 0 aliphatic heterocycles. The predicted octanol–water partition coefficient (Wildman–Crippen LogP) is 4.51. The topological polar surface area (TPSA) is 51.0 Å². The average molecular weight is 320 g/mol. The Morgan fingerprint density at radius 2 is 2.05 bits per heavy atom. The van der Waals surface area contributed by atoms with Crippen molar-refractivity contribution in [2.45, 2.75) is 13.8 Å². The van der Waals surface area contributed by atoms with E-state index in [1.165, 1.54) is 0 Å². The minimum absolute atomic E-state index is 0.225.